The molecule has 3 rings (SSSR count). The highest BCUT2D eigenvalue weighted by Crippen LogP contribution is 2.19. The number of benzene rings is 1. The first-order chi connectivity index (χ1) is 10.9. The zero-order chi connectivity index (χ0) is 16.6. The van der Waals surface area contributed by atoms with E-state index < -0.39 is 10.0 Å². The molecule has 0 aliphatic carbocycles. The second kappa shape index (κ2) is 5.86. The fourth-order valence-corrected chi connectivity index (χ4v) is 3.78. The number of Topliss-reactive ketones (excluding diaryl/α,β-unsaturated/α-hetero) is 1. The number of hydrogen-bond donors (Lipinski definition) is 0. The van der Waals surface area contributed by atoms with Crippen molar-refractivity contribution in [3.63, 3.8) is 0 Å². The van der Waals surface area contributed by atoms with E-state index in [1.807, 2.05) is 4.57 Å². The fourth-order valence-electron chi connectivity index (χ4n) is 2.65. The van der Waals surface area contributed by atoms with Crippen molar-refractivity contribution in [3.05, 3.63) is 41.5 Å². The van der Waals surface area contributed by atoms with E-state index >= 15 is 0 Å². The molecule has 122 valence electrons. The van der Waals surface area contributed by atoms with Crippen LogP contribution in [-0.4, -0.2) is 40.3 Å². The van der Waals surface area contributed by atoms with Crippen LogP contribution in [-0.2, 0) is 29.5 Å². The molecule has 0 amide bonds. The van der Waals surface area contributed by atoms with Crippen LogP contribution in [0, 0.1) is 0 Å². The lowest BCUT2D eigenvalue weighted by Gasteiger charge is -2.17. The van der Waals surface area contributed by atoms with Crippen molar-refractivity contribution in [2.45, 2.75) is 37.8 Å². The Labute approximate surface area is 135 Å². The van der Waals surface area contributed by atoms with Crippen LogP contribution in [0.15, 0.2) is 29.2 Å². The third-order valence-corrected chi connectivity index (χ3v) is 5.84. The first kappa shape index (κ1) is 15.8. The zero-order valence-corrected chi connectivity index (χ0v) is 13.9. The quantitative estimate of drug-likeness (QED) is 0.768. The summed E-state index contributed by atoms with van der Waals surface area (Å²) in [6.45, 7) is 2.45. The van der Waals surface area contributed by atoms with E-state index in [2.05, 4.69) is 10.2 Å². The third kappa shape index (κ3) is 2.91. The molecule has 7 nitrogen and oxygen atoms in total. The van der Waals surface area contributed by atoms with Gasteiger partial charge in [0.2, 0.25) is 10.0 Å². The number of rotatable bonds is 5. The summed E-state index contributed by atoms with van der Waals surface area (Å²) in [5.41, 5.74) is 0.488. The number of ketones is 1. The van der Waals surface area contributed by atoms with Gasteiger partial charge in [-0.25, -0.2) is 8.42 Å². The standard InChI is InChI=1S/C15H18N4O3S/c1-11(20)12-5-7-13(8-6-12)23(21,22)18(2)10-15-17-16-14-4-3-9-19(14)15/h5-8H,3-4,9-10H2,1-2H3. The molecule has 0 saturated carbocycles. The first-order valence-electron chi connectivity index (χ1n) is 7.38. The lowest BCUT2D eigenvalue weighted by atomic mass is 10.2. The van der Waals surface area contributed by atoms with Crippen molar-refractivity contribution in [3.8, 4) is 0 Å². The van der Waals surface area contributed by atoms with Gasteiger partial charge in [-0.3, -0.25) is 4.79 Å². The van der Waals surface area contributed by atoms with Crippen LogP contribution < -0.4 is 0 Å². The largest absolute Gasteiger partial charge is 0.314 e. The highest BCUT2D eigenvalue weighted by molar-refractivity contribution is 7.89. The second-order valence-corrected chi connectivity index (χ2v) is 7.67. The van der Waals surface area contributed by atoms with Gasteiger partial charge in [0.15, 0.2) is 5.78 Å². The average Bonchev–Trinajstić information content (AvgIpc) is 3.12. The zero-order valence-electron chi connectivity index (χ0n) is 13.1. The van der Waals surface area contributed by atoms with Crippen molar-refractivity contribution < 1.29 is 13.2 Å². The molecular weight excluding hydrogens is 316 g/mol. The highest BCUT2D eigenvalue weighted by atomic mass is 32.2. The van der Waals surface area contributed by atoms with Crippen LogP contribution in [0.3, 0.4) is 0 Å². The van der Waals surface area contributed by atoms with Gasteiger partial charge in [-0.2, -0.15) is 4.31 Å². The van der Waals surface area contributed by atoms with E-state index in [1.54, 1.807) is 0 Å². The molecular formula is C15H18N4O3S. The van der Waals surface area contributed by atoms with E-state index in [4.69, 9.17) is 0 Å². The Balaban J connectivity index is 1.82. The minimum Gasteiger partial charge on any atom is -0.314 e. The summed E-state index contributed by atoms with van der Waals surface area (Å²) in [7, 11) is -2.12. The van der Waals surface area contributed by atoms with Crippen LogP contribution in [0.5, 0.6) is 0 Å². The number of fused-ring (bicyclic) bond motifs is 1. The Morgan fingerprint density at radius 2 is 1.96 bits per heavy atom. The van der Waals surface area contributed by atoms with Crippen molar-refractivity contribution in [2.75, 3.05) is 7.05 Å². The molecule has 0 bridgehead atoms. The van der Waals surface area contributed by atoms with E-state index in [9.17, 15) is 13.2 Å². The molecule has 2 heterocycles. The maximum Gasteiger partial charge on any atom is 0.243 e. The molecule has 8 heteroatoms. The molecule has 1 aromatic carbocycles. The summed E-state index contributed by atoms with van der Waals surface area (Å²) in [5, 5.41) is 8.17. The van der Waals surface area contributed by atoms with Crippen molar-refractivity contribution in [1.29, 1.82) is 0 Å². The third-order valence-electron chi connectivity index (χ3n) is 4.02. The van der Waals surface area contributed by atoms with E-state index in [-0.39, 0.29) is 17.2 Å². The average molecular weight is 334 g/mol. The van der Waals surface area contributed by atoms with Gasteiger partial charge in [-0.1, -0.05) is 12.1 Å². The number of carbonyl (C=O) groups excluding carboxylic acids is 1. The topological polar surface area (TPSA) is 85.2 Å². The predicted octanol–water partition coefficient (Wildman–Crippen LogP) is 1.25. The smallest absolute Gasteiger partial charge is 0.243 e. The lowest BCUT2D eigenvalue weighted by Crippen LogP contribution is -2.28. The second-order valence-electron chi connectivity index (χ2n) is 5.63. The molecule has 1 aliphatic heterocycles. The summed E-state index contributed by atoms with van der Waals surface area (Å²) in [6, 6.07) is 5.96. The number of sulfonamides is 1. The summed E-state index contributed by atoms with van der Waals surface area (Å²) in [4.78, 5) is 11.4. The predicted molar refractivity (Wildman–Crippen MR) is 83.4 cm³/mol. The number of carbonyl (C=O) groups is 1. The number of nitrogens with zero attached hydrogens (tertiary/aromatic N) is 4. The van der Waals surface area contributed by atoms with Crippen LogP contribution in [0.4, 0.5) is 0 Å². The van der Waals surface area contributed by atoms with Gasteiger partial charge in [-0.05, 0) is 25.5 Å². The Morgan fingerprint density at radius 1 is 1.26 bits per heavy atom. The number of hydrogen-bond acceptors (Lipinski definition) is 5. The molecule has 0 atom stereocenters. The molecule has 1 aliphatic rings. The molecule has 0 spiro atoms. The number of aromatic nitrogens is 3. The van der Waals surface area contributed by atoms with Crippen LogP contribution in [0.1, 0.15) is 35.4 Å². The molecule has 2 aromatic rings. The van der Waals surface area contributed by atoms with Crippen molar-refractivity contribution in [1.82, 2.24) is 19.1 Å². The monoisotopic (exact) mass is 334 g/mol. The first-order valence-corrected chi connectivity index (χ1v) is 8.82. The fraction of sp³-hybridized carbons (Fsp3) is 0.400. The minimum absolute atomic E-state index is 0.0960. The van der Waals surface area contributed by atoms with Crippen LogP contribution in [0.25, 0.3) is 0 Å². The van der Waals surface area contributed by atoms with E-state index in [0.29, 0.717) is 11.4 Å². The Bertz CT molecular complexity index is 840. The molecule has 0 unspecified atom stereocenters. The van der Waals surface area contributed by atoms with Gasteiger partial charge in [-0.15, -0.1) is 10.2 Å². The van der Waals surface area contributed by atoms with Crippen LogP contribution in [0.2, 0.25) is 0 Å². The van der Waals surface area contributed by atoms with Crippen molar-refractivity contribution in [2.24, 2.45) is 0 Å². The summed E-state index contributed by atoms with van der Waals surface area (Å²) >= 11 is 0. The van der Waals surface area contributed by atoms with Gasteiger partial charge >= 0.3 is 0 Å². The van der Waals surface area contributed by atoms with Gasteiger partial charge in [0.25, 0.3) is 0 Å². The molecule has 0 N–H and O–H groups in total. The maximum absolute atomic E-state index is 12.6. The molecule has 1 aromatic heterocycles. The number of aryl methyl sites for hydroxylation is 1. The van der Waals surface area contributed by atoms with E-state index in [0.717, 1.165) is 25.2 Å². The normalized spacial score (nSPS) is 14.2. The SMILES string of the molecule is CC(=O)c1ccc(S(=O)(=O)N(C)Cc2nnc3n2CCC3)cc1. The Hall–Kier alpha value is -2.06. The summed E-state index contributed by atoms with van der Waals surface area (Å²) in [5.74, 6) is 1.47. The van der Waals surface area contributed by atoms with Crippen molar-refractivity contribution >= 4 is 15.8 Å². The van der Waals surface area contributed by atoms with E-state index in [1.165, 1.54) is 42.5 Å². The Kier molecular flexibility index (Phi) is 4.03. The van der Waals surface area contributed by atoms with Crippen LogP contribution >= 0.6 is 0 Å². The summed E-state index contributed by atoms with van der Waals surface area (Å²) in [6.07, 6.45) is 1.90. The molecule has 0 radical (unpaired) electrons. The summed E-state index contributed by atoms with van der Waals surface area (Å²) < 4.78 is 28.5. The highest BCUT2D eigenvalue weighted by Gasteiger charge is 2.25. The molecule has 0 saturated heterocycles. The van der Waals surface area contributed by atoms with Gasteiger partial charge in [0.1, 0.15) is 11.6 Å². The lowest BCUT2D eigenvalue weighted by molar-refractivity contribution is 0.101. The molecule has 23 heavy (non-hydrogen) atoms. The van der Waals surface area contributed by atoms with Gasteiger partial charge in [0.05, 0.1) is 11.4 Å². The Morgan fingerprint density at radius 3 is 2.61 bits per heavy atom. The van der Waals surface area contributed by atoms with Gasteiger partial charge in [0, 0.05) is 25.6 Å². The molecule has 0 fully saturated rings. The minimum atomic E-state index is -3.63. The maximum atomic E-state index is 12.6. The van der Waals surface area contributed by atoms with Gasteiger partial charge < -0.3 is 4.57 Å².